The van der Waals surface area contributed by atoms with Gasteiger partial charge in [0.25, 0.3) is 0 Å². The van der Waals surface area contributed by atoms with Crippen LogP contribution >= 0.6 is 0 Å². The molecular formula is C20H27N. The fourth-order valence-electron chi connectivity index (χ4n) is 2.71. The van der Waals surface area contributed by atoms with E-state index in [-0.39, 0.29) is 0 Å². The van der Waals surface area contributed by atoms with E-state index < -0.39 is 0 Å². The average molecular weight is 281 g/mol. The van der Waals surface area contributed by atoms with Gasteiger partial charge in [-0.25, -0.2) is 0 Å². The maximum absolute atomic E-state index is 3.81. The van der Waals surface area contributed by atoms with Crippen molar-refractivity contribution in [2.45, 2.75) is 46.2 Å². The van der Waals surface area contributed by atoms with E-state index in [1.807, 2.05) is 0 Å². The van der Waals surface area contributed by atoms with Crippen molar-refractivity contribution in [1.82, 2.24) is 5.32 Å². The summed E-state index contributed by atoms with van der Waals surface area (Å²) >= 11 is 0. The third-order valence-corrected chi connectivity index (χ3v) is 3.77. The van der Waals surface area contributed by atoms with Crippen molar-refractivity contribution < 1.29 is 0 Å². The summed E-state index contributed by atoms with van der Waals surface area (Å²) in [5.41, 5.74) is 3.01. The largest absolute Gasteiger partial charge is 0.303 e. The summed E-state index contributed by atoms with van der Waals surface area (Å²) in [6, 6.07) is 22.2. The minimum Gasteiger partial charge on any atom is -0.303 e. The van der Waals surface area contributed by atoms with Gasteiger partial charge in [0.2, 0.25) is 0 Å². The van der Waals surface area contributed by atoms with Crippen LogP contribution in [-0.4, -0.2) is 0 Å². The van der Waals surface area contributed by atoms with Crippen molar-refractivity contribution in [2.75, 3.05) is 0 Å². The van der Waals surface area contributed by atoms with E-state index in [0.717, 1.165) is 6.42 Å². The van der Waals surface area contributed by atoms with Gasteiger partial charge in [0, 0.05) is 12.1 Å². The standard InChI is InChI=1S/C20H27N/c1-16(17-11-7-5-8-12-17)21-19(15-20(2,3)4)18-13-9-6-10-14-18/h5-14,16,19,21H,15H2,1-4H3/t16-,19?/m0/s1. The third kappa shape index (κ3) is 5.02. The summed E-state index contributed by atoms with van der Waals surface area (Å²) < 4.78 is 0. The first kappa shape index (κ1) is 15.8. The summed E-state index contributed by atoms with van der Waals surface area (Å²) in [7, 11) is 0. The van der Waals surface area contributed by atoms with Gasteiger partial charge in [-0.15, -0.1) is 0 Å². The normalized spacial score (nSPS) is 14.7. The summed E-state index contributed by atoms with van der Waals surface area (Å²) in [6.45, 7) is 9.15. The van der Waals surface area contributed by atoms with E-state index in [0.29, 0.717) is 17.5 Å². The monoisotopic (exact) mass is 281 g/mol. The van der Waals surface area contributed by atoms with Gasteiger partial charge in [-0.05, 0) is 29.9 Å². The maximum Gasteiger partial charge on any atom is 0.0330 e. The highest BCUT2D eigenvalue weighted by Gasteiger charge is 2.21. The van der Waals surface area contributed by atoms with Crippen LogP contribution < -0.4 is 5.32 Å². The Bertz CT molecular complexity index is 525. The molecule has 0 aromatic heterocycles. The zero-order chi connectivity index (χ0) is 15.3. The van der Waals surface area contributed by atoms with E-state index in [1.165, 1.54) is 11.1 Å². The molecule has 0 amide bonds. The van der Waals surface area contributed by atoms with Crippen molar-refractivity contribution >= 4 is 0 Å². The predicted octanol–water partition coefficient (Wildman–Crippen LogP) is 5.51. The zero-order valence-electron chi connectivity index (χ0n) is 13.6. The first-order valence-electron chi connectivity index (χ1n) is 7.82. The second-order valence-electron chi connectivity index (χ2n) is 7.03. The molecule has 0 bridgehead atoms. The predicted molar refractivity (Wildman–Crippen MR) is 91.2 cm³/mol. The van der Waals surface area contributed by atoms with Crippen molar-refractivity contribution in [3.05, 3.63) is 71.8 Å². The number of nitrogens with one attached hydrogen (secondary N) is 1. The van der Waals surface area contributed by atoms with Crippen LogP contribution in [0.4, 0.5) is 0 Å². The smallest absolute Gasteiger partial charge is 0.0330 e. The third-order valence-electron chi connectivity index (χ3n) is 3.77. The Labute approximate surface area is 129 Å². The lowest BCUT2D eigenvalue weighted by atomic mass is 9.85. The Hall–Kier alpha value is -1.60. The Morgan fingerprint density at radius 2 is 1.29 bits per heavy atom. The minimum absolute atomic E-state index is 0.296. The van der Waals surface area contributed by atoms with E-state index in [9.17, 15) is 0 Å². The van der Waals surface area contributed by atoms with Gasteiger partial charge >= 0.3 is 0 Å². The SMILES string of the molecule is C[C@H](NC(CC(C)(C)C)c1ccccc1)c1ccccc1. The van der Waals surface area contributed by atoms with Gasteiger partial charge in [-0.3, -0.25) is 0 Å². The van der Waals surface area contributed by atoms with Crippen LogP contribution in [0.1, 0.15) is 57.3 Å². The van der Waals surface area contributed by atoms with Crippen LogP contribution in [0.25, 0.3) is 0 Å². The highest BCUT2D eigenvalue weighted by Crippen LogP contribution is 2.31. The molecule has 2 rings (SSSR count). The zero-order valence-corrected chi connectivity index (χ0v) is 13.6. The molecule has 21 heavy (non-hydrogen) atoms. The lowest BCUT2D eigenvalue weighted by Crippen LogP contribution is -2.28. The molecule has 1 nitrogen and oxygen atoms in total. The quantitative estimate of drug-likeness (QED) is 0.761. The Morgan fingerprint density at radius 1 is 0.810 bits per heavy atom. The fourth-order valence-corrected chi connectivity index (χ4v) is 2.71. The lowest BCUT2D eigenvalue weighted by Gasteiger charge is -2.30. The van der Waals surface area contributed by atoms with Gasteiger partial charge in [0.1, 0.15) is 0 Å². The second-order valence-corrected chi connectivity index (χ2v) is 7.03. The number of hydrogen-bond acceptors (Lipinski definition) is 1. The number of hydrogen-bond donors (Lipinski definition) is 1. The molecule has 0 aliphatic heterocycles. The van der Waals surface area contributed by atoms with Crippen LogP contribution in [0.2, 0.25) is 0 Å². The molecule has 1 unspecified atom stereocenters. The van der Waals surface area contributed by atoms with Gasteiger partial charge in [-0.2, -0.15) is 0 Å². The second kappa shape index (κ2) is 6.91. The molecule has 0 fully saturated rings. The summed E-state index contributed by atoms with van der Waals surface area (Å²) in [5, 5.41) is 3.81. The Kier molecular flexibility index (Phi) is 5.19. The van der Waals surface area contributed by atoms with E-state index in [2.05, 4.69) is 93.7 Å². The Balaban J connectivity index is 2.16. The summed E-state index contributed by atoms with van der Waals surface area (Å²) in [4.78, 5) is 0. The number of benzene rings is 2. The van der Waals surface area contributed by atoms with E-state index >= 15 is 0 Å². The molecule has 2 aromatic carbocycles. The molecule has 2 aromatic rings. The van der Waals surface area contributed by atoms with Crippen molar-refractivity contribution in [1.29, 1.82) is 0 Å². The molecule has 0 saturated heterocycles. The van der Waals surface area contributed by atoms with Crippen LogP contribution in [0.15, 0.2) is 60.7 Å². The molecular weight excluding hydrogens is 254 g/mol. The highest BCUT2D eigenvalue weighted by atomic mass is 14.9. The molecule has 0 saturated carbocycles. The van der Waals surface area contributed by atoms with Crippen molar-refractivity contribution in [3.63, 3.8) is 0 Å². The molecule has 0 heterocycles. The van der Waals surface area contributed by atoms with Crippen molar-refractivity contribution in [3.8, 4) is 0 Å². The van der Waals surface area contributed by atoms with Crippen LogP contribution in [0.3, 0.4) is 0 Å². The van der Waals surface area contributed by atoms with Gasteiger partial charge in [0.05, 0.1) is 0 Å². The average Bonchev–Trinajstić information content (AvgIpc) is 2.47. The summed E-state index contributed by atoms with van der Waals surface area (Å²) in [5.74, 6) is 0. The maximum atomic E-state index is 3.81. The van der Waals surface area contributed by atoms with E-state index in [4.69, 9.17) is 0 Å². The Morgan fingerprint density at radius 3 is 1.76 bits per heavy atom. The van der Waals surface area contributed by atoms with Crippen LogP contribution in [0.5, 0.6) is 0 Å². The molecule has 0 spiro atoms. The van der Waals surface area contributed by atoms with Crippen LogP contribution in [-0.2, 0) is 0 Å². The molecule has 1 heteroatoms. The molecule has 0 aliphatic rings. The molecule has 1 N–H and O–H groups in total. The topological polar surface area (TPSA) is 12.0 Å². The van der Waals surface area contributed by atoms with Gasteiger partial charge < -0.3 is 5.32 Å². The molecule has 112 valence electrons. The summed E-state index contributed by atoms with van der Waals surface area (Å²) in [6.07, 6.45) is 1.12. The van der Waals surface area contributed by atoms with Gasteiger partial charge in [0.15, 0.2) is 0 Å². The lowest BCUT2D eigenvalue weighted by molar-refractivity contribution is 0.297. The highest BCUT2D eigenvalue weighted by molar-refractivity contribution is 5.22. The minimum atomic E-state index is 0.296. The molecule has 0 radical (unpaired) electrons. The first-order chi connectivity index (χ1) is 9.96. The number of rotatable bonds is 5. The molecule has 0 aliphatic carbocycles. The fraction of sp³-hybridized carbons (Fsp3) is 0.400. The van der Waals surface area contributed by atoms with E-state index in [1.54, 1.807) is 0 Å². The molecule has 2 atom stereocenters. The first-order valence-corrected chi connectivity index (χ1v) is 7.82. The van der Waals surface area contributed by atoms with Crippen molar-refractivity contribution in [2.24, 2.45) is 5.41 Å². The van der Waals surface area contributed by atoms with Crippen LogP contribution in [0, 0.1) is 5.41 Å². The van der Waals surface area contributed by atoms with Gasteiger partial charge in [-0.1, -0.05) is 81.4 Å².